The molecular formula is C27H28FN5O2. The van der Waals surface area contributed by atoms with Crippen LogP contribution in [0.1, 0.15) is 36.5 Å². The Labute approximate surface area is 202 Å². The maximum atomic E-state index is 13.6. The topological polar surface area (TPSA) is 95.3 Å². The number of halogens is 1. The quantitative estimate of drug-likeness (QED) is 0.427. The molecule has 4 aromatic rings. The van der Waals surface area contributed by atoms with Crippen LogP contribution in [0.3, 0.4) is 0 Å². The molecule has 1 aliphatic rings. The standard InChI is InChI=1S/C27H28FN5O2/c1-2-13-33(19-11-9-18(28)10-12-19)27(35)17-6-5-14-32(16-17)26-23-20-7-3-4-8-22(20)31-24(23)21(15-30-26)25(29)34/h3-4,7-12,15,17,31H,2,5-6,13-14,16H2,1H3,(H2,29,34)/t17-/m0/s1. The van der Waals surface area contributed by atoms with E-state index in [0.29, 0.717) is 29.9 Å². The van der Waals surface area contributed by atoms with Gasteiger partial charge in [-0.2, -0.15) is 0 Å². The van der Waals surface area contributed by atoms with Crippen LogP contribution in [0.15, 0.2) is 54.7 Å². The highest BCUT2D eigenvalue weighted by atomic mass is 19.1. The molecule has 0 unspecified atom stereocenters. The van der Waals surface area contributed by atoms with E-state index in [4.69, 9.17) is 5.73 Å². The summed E-state index contributed by atoms with van der Waals surface area (Å²) in [5.41, 5.74) is 8.24. The zero-order valence-electron chi connectivity index (χ0n) is 19.6. The predicted molar refractivity (Wildman–Crippen MR) is 136 cm³/mol. The number of piperidine rings is 1. The van der Waals surface area contributed by atoms with Crippen LogP contribution < -0.4 is 15.5 Å². The third-order valence-electron chi connectivity index (χ3n) is 6.70. The van der Waals surface area contributed by atoms with Gasteiger partial charge in [0.25, 0.3) is 5.91 Å². The second kappa shape index (κ2) is 9.37. The molecule has 0 radical (unpaired) electrons. The molecule has 3 N–H and O–H groups in total. The number of nitrogens with two attached hydrogens (primary N) is 1. The summed E-state index contributed by atoms with van der Waals surface area (Å²) < 4.78 is 13.5. The Bertz CT molecular complexity index is 1400. The molecule has 1 aliphatic heterocycles. The average Bonchev–Trinajstić information content (AvgIpc) is 3.26. The number of amides is 2. The minimum Gasteiger partial charge on any atom is -0.365 e. The van der Waals surface area contributed by atoms with Crippen molar-refractivity contribution in [2.45, 2.75) is 26.2 Å². The monoisotopic (exact) mass is 473 g/mol. The van der Waals surface area contributed by atoms with Crippen molar-refractivity contribution in [2.24, 2.45) is 11.7 Å². The van der Waals surface area contributed by atoms with E-state index in [2.05, 4.69) is 14.9 Å². The summed E-state index contributed by atoms with van der Waals surface area (Å²) in [6.45, 7) is 3.86. The highest BCUT2D eigenvalue weighted by Crippen LogP contribution is 2.36. The van der Waals surface area contributed by atoms with Crippen molar-refractivity contribution in [3.05, 3.63) is 66.1 Å². The van der Waals surface area contributed by atoms with Crippen LogP contribution in [0.25, 0.3) is 21.8 Å². The van der Waals surface area contributed by atoms with Gasteiger partial charge in [0.15, 0.2) is 0 Å². The first kappa shape index (κ1) is 22.8. The number of nitrogens with one attached hydrogen (secondary N) is 1. The molecular weight excluding hydrogens is 445 g/mol. The molecule has 5 rings (SSSR count). The summed E-state index contributed by atoms with van der Waals surface area (Å²) in [6.07, 6.45) is 3.92. The third kappa shape index (κ3) is 4.20. The lowest BCUT2D eigenvalue weighted by molar-refractivity contribution is -0.122. The van der Waals surface area contributed by atoms with Gasteiger partial charge in [-0.3, -0.25) is 9.59 Å². The van der Waals surface area contributed by atoms with Crippen molar-refractivity contribution in [1.29, 1.82) is 0 Å². The number of hydrogen-bond acceptors (Lipinski definition) is 4. The summed E-state index contributed by atoms with van der Waals surface area (Å²) in [5.74, 6) is -0.314. The number of fused-ring (bicyclic) bond motifs is 3. The fourth-order valence-electron chi connectivity index (χ4n) is 5.06. The van der Waals surface area contributed by atoms with Gasteiger partial charge in [0.05, 0.1) is 22.4 Å². The molecule has 3 heterocycles. The van der Waals surface area contributed by atoms with E-state index < -0.39 is 5.91 Å². The fraction of sp³-hybridized carbons (Fsp3) is 0.296. The summed E-state index contributed by atoms with van der Waals surface area (Å²) in [7, 11) is 0. The van der Waals surface area contributed by atoms with Crippen molar-refractivity contribution in [1.82, 2.24) is 9.97 Å². The van der Waals surface area contributed by atoms with Crippen molar-refractivity contribution in [3.63, 3.8) is 0 Å². The second-order valence-corrected chi connectivity index (χ2v) is 9.03. The van der Waals surface area contributed by atoms with E-state index in [-0.39, 0.29) is 17.6 Å². The second-order valence-electron chi connectivity index (χ2n) is 9.03. The van der Waals surface area contributed by atoms with Gasteiger partial charge in [-0.05, 0) is 49.6 Å². The van der Waals surface area contributed by atoms with E-state index >= 15 is 0 Å². The molecule has 1 saturated heterocycles. The lowest BCUT2D eigenvalue weighted by Gasteiger charge is -2.36. The first-order valence-corrected chi connectivity index (χ1v) is 12.0. The zero-order valence-corrected chi connectivity index (χ0v) is 19.6. The van der Waals surface area contributed by atoms with Gasteiger partial charge in [-0.1, -0.05) is 25.1 Å². The van der Waals surface area contributed by atoms with Gasteiger partial charge in [0.1, 0.15) is 11.6 Å². The molecule has 2 aromatic heterocycles. The van der Waals surface area contributed by atoms with Crippen LogP contribution in [-0.2, 0) is 4.79 Å². The molecule has 0 spiro atoms. The molecule has 0 saturated carbocycles. The Balaban J connectivity index is 1.50. The van der Waals surface area contributed by atoms with E-state index in [9.17, 15) is 14.0 Å². The molecule has 7 nitrogen and oxygen atoms in total. The van der Waals surface area contributed by atoms with Gasteiger partial charge in [0.2, 0.25) is 5.91 Å². The molecule has 180 valence electrons. The first-order valence-electron chi connectivity index (χ1n) is 12.0. The lowest BCUT2D eigenvalue weighted by Crippen LogP contribution is -2.45. The number of anilines is 2. The number of hydrogen-bond donors (Lipinski definition) is 2. The molecule has 1 atom stereocenters. The largest absolute Gasteiger partial charge is 0.365 e. The van der Waals surface area contributed by atoms with E-state index in [1.165, 1.54) is 18.3 Å². The van der Waals surface area contributed by atoms with Crippen LogP contribution >= 0.6 is 0 Å². The van der Waals surface area contributed by atoms with Crippen LogP contribution in [0, 0.1) is 11.7 Å². The highest BCUT2D eigenvalue weighted by Gasteiger charge is 2.32. The number of pyridine rings is 1. The minimum atomic E-state index is -0.540. The maximum absolute atomic E-state index is 13.6. The smallest absolute Gasteiger partial charge is 0.252 e. The molecule has 0 bridgehead atoms. The van der Waals surface area contributed by atoms with Gasteiger partial charge in [-0.25, -0.2) is 9.37 Å². The SMILES string of the molecule is CCCN(C(=O)[C@H]1CCCN(c2ncc(C(N)=O)c3[nH]c4ccccc4c23)C1)c1ccc(F)cc1. The Morgan fingerprint density at radius 1 is 1.20 bits per heavy atom. The molecule has 35 heavy (non-hydrogen) atoms. The number of rotatable bonds is 6. The third-order valence-corrected chi connectivity index (χ3v) is 6.70. The van der Waals surface area contributed by atoms with E-state index in [1.807, 2.05) is 31.2 Å². The molecule has 0 aliphatic carbocycles. The Morgan fingerprint density at radius 3 is 2.71 bits per heavy atom. The summed E-state index contributed by atoms with van der Waals surface area (Å²) in [5, 5.41) is 1.80. The zero-order chi connectivity index (χ0) is 24.5. The summed E-state index contributed by atoms with van der Waals surface area (Å²) in [4.78, 5) is 37.6. The number of aromatic amines is 1. The number of nitrogens with zero attached hydrogens (tertiary/aromatic N) is 3. The number of carbonyl (C=O) groups excluding carboxylic acids is 2. The Morgan fingerprint density at radius 2 is 1.97 bits per heavy atom. The van der Waals surface area contributed by atoms with Gasteiger partial charge in [0, 0.05) is 42.4 Å². The molecule has 2 amide bonds. The maximum Gasteiger partial charge on any atom is 0.252 e. The number of benzene rings is 2. The van der Waals surface area contributed by atoms with Crippen molar-refractivity contribution < 1.29 is 14.0 Å². The van der Waals surface area contributed by atoms with Gasteiger partial charge in [-0.15, -0.1) is 0 Å². The van der Waals surface area contributed by atoms with Gasteiger partial charge < -0.3 is 20.5 Å². The average molecular weight is 474 g/mol. The van der Waals surface area contributed by atoms with Gasteiger partial charge >= 0.3 is 0 Å². The Kier molecular flexibility index (Phi) is 6.11. The number of para-hydroxylation sites is 1. The van der Waals surface area contributed by atoms with E-state index in [0.717, 1.165) is 47.9 Å². The van der Waals surface area contributed by atoms with Crippen LogP contribution in [0.2, 0.25) is 0 Å². The summed E-state index contributed by atoms with van der Waals surface area (Å²) >= 11 is 0. The molecule has 1 fully saturated rings. The van der Waals surface area contributed by atoms with Crippen LogP contribution in [0.4, 0.5) is 15.9 Å². The molecule has 2 aromatic carbocycles. The number of carbonyl (C=O) groups is 2. The number of aromatic nitrogens is 2. The van der Waals surface area contributed by atoms with Crippen LogP contribution in [-0.4, -0.2) is 41.4 Å². The Hall–Kier alpha value is -3.94. The van der Waals surface area contributed by atoms with Crippen molar-refractivity contribution in [3.8, 4) is 0 Å². The number of primary amides is 1. The number of H-pyrrole nitrogens is 1. The summed E-state index contributed by atoms with van der Waals surface area (Å²) in [6, 6.07) is 13.9. The lowest BCUT2D eigenvalue weighted by atomic mass is 9.95. The predicted octanol–water partition coefficient (Wildman–Crippen LogP) is 4.61. The van der Waals surface area contributed by atoms with E-state index in [1.54, 1.807) is 17.0 Å². The normalized spacial score (nSPS) is 16.1. The van der Waals surface area contributed by atoms with Crippen LogP contribution in [0.5, 0.6) is 0 Å². The van der Waals surface area contributed by atoms with Crippen molar-refractivity contribution in [2.75, 3.05) is 29.4 Å². The van der Waals surface area contributed by atoms with Crippen molar-refractivity contribution >= 4 is 45.1 Å². The molecule has 8 heteroatoms. The first-order chi connectivity index (χ1) is 17.0. The minimum absolute atomic E-state index is 0.0343. The fourth-order valence-corrected chi connectivity index (χ4v) is 5.06. The highest BCUT2D eigenvalue weighted by molar-refractivity contribution is 6.18.